The van der Waals surface area contributed by atoms with Crippen molar-refractivity contribution in [3.8, 4) is 5.75 Å². The lowest BCUT2D eigenvalue weighted by atomic mass is 10.1. The molecular formula is C16H23N3O. The fourth-order valence-electron chi connectivity index (χ4n) is 1.82. The Kier molecular flexibility index (Phi) is 5.04. The summed E-state index contributed by atoms with van der Waals surface area (Å²) in [5.41, 5.74) is 1.21. The van der Waals surface area contributed by atoms with Gasteiger partial charge in [0.05, 0.1) is 6.61 Å². The van der Waals surface area contributed by atoms with E-state index in [2.05, 4.69) is 36.4 Å². The Morgan fingerprint density at radius 1 is 1.20 bits per heavy atom. The van der Waals surface area contributed by atoms with Crippen molar-refractivity contribution in [2.45, 2.75) is 26.8 Å². The normalized spacial score (nSPS) is 10.8. The van der Waals surface area contributed by atoms with E-state index < -0.39 is 0 Å². The number of anilines is 1. The molecule has 0 amide bonds. The first-order valence-corrected chi connectivity index (χ1v) is 7.09. The summed E-state index contributed by atoms with van der Waals surface area (Å²) in [5, 5.41) is 7.57. The molecule has 2 aromatic rings. The average molecular weight is 273 g/mol. The summed E-state index contributed by atoms with van der Waals surface area (Å²) in [5.74, 6) is 2.51. The lowest BCUT2D eigenvalue weighted by molar-refractivity contribution is 0.289. The van der Waals surface area contributed by atoms with E-state index in [0.717, 1.165) is 31.1 Å². The highest BCUT2D eigenvalue weighted by Gasteiger charge is 1.99. The molecule has 0 saturated heterocycles. The second kappa shape index (κ2) is 6.98. The summed E-state index contributed by atoms with van der Waals surface area (Å²) in [6, 6.07) is 10.2. The largest absolute Gasteiger partial charge is 0.494 e. The quantitative estimate of drug-likeness (QED) is 0.839. The summed E-state index contributed by atoms with van der Waals surface area (Å²) >= 11 is 0. The molecule has 0 aliphatic rings. The first-order valence-electron chi connectivity index (χ1n) is 7.09. The predicted molar refractivity (Wildman–Crippen MR) is 81.9 cm³/mol. The third kappa shape index (κ3) is 4.61. The molecule has 4 heteroatoms. The van der Waals surface area contributed by atoms with Crippen molar-refractivity contribution in [2.75, 3.05) is 11.9 Å². The van der Waals surface area contributed by atoms with Crippen LogP contribution >= 0.6 is 0 Å². The van der Waals surface area contributed by atoms with Crippen LogP contribution in [-0.2, 0) is 13.6 Å². The summed E-state index contributed by atoms with van der Waals surface area (Å²) in [6.07, 6.45) is 3.01. The number of hydrogen-bond donors (Lipinski definition) is 1. The van der Waals surface area contributed by atoms with Gasteiger partial charge in [0.25, 0.3) is 0 Å². The molecule has 0 fully saturated rings. The van der Waals surface area contributed by atoms with Crippen LogP contribution in [0.4, 0.5) is 5.82 Å². The van der Waals surface area contributed by atoms with Gasteiger partial charge in [0.15, 0.2) is 0 Å². The van der Waals surface area contributed by atoms with Gasteiger partial charge in [0, 0.05) is 25.9 Å². The molecule has 108 valence electrons. The lowest BCUT2D eigenvalue weighted by Gasteiger charge is -2.09. The van der Waals surface area contributed by atoms with E-state index >= 15 is 0 Å². The van der Waals surface area contributed by atoms with Crippen LogP contribution in [-0.4, -0.2) is 16.4 Å². The van der Waals surface area contributed by atoms with E-state index in [-0.39, 0.29) is 0 Å². The third-order valence-electron chi connectivity index (χ3n) is 3.07. The maximum Gasteiger partial charge on any atom is 0.148 e. The smallest absolute Gasteiger partial charge is 0.148 e. The van der Waals surface area contributed by atoms with Gasteiger partial charge in [0.2, 0.25) is 0 Å². The van der Waals surface area contributed by atoms with E-state index in [1.165, 1.54) is 5.56 Å². The zero-order chi connectivity index (χ0) is 14.4. The highest BCUT2D eigenvalue weighted by molar-refractivity contribution is 5.35. The van der Waals surface area contributed by atoms with Crippen molar-refractivity contribution < 1.29 is 4.74 Å². The fraction of sp³-hybridized carbons (Fsp3) is 0.438. The van der Waals surface area contributed by atoms with Crippen LogP contribution in [0.3, 0.4) is 0 Å². The van der Waals surface area contributed by atoms with Gasteiger partial charge in [-0.15, -0.1) is 0 Å². The Labute approximate surface area is 120 Å². The van der Waals surface area contributed by atoms with Crippen LogP contribution in [0.5, 0.6) is 5.75 Å². The number of ether oxygens (including phenoxy) is 1. The van der Waals surface area contributed by atoms with Gasteiger partial charge in [-0.2, -0.15) is 5.10 Å². The molecule has 1 aromatic carbocycles. The number of benzene rings is 1. The summed E-state index contributed by atoms with van der Waals surface area (Å²) in [7, 11) is 1.91. The molecule has 1 aromatic heterocycles. The first kappa shape index (κ1) is 14.4. The maximum absolute atomic E-state index is 5.70. The van der Waals surface area contributed by atoms with Crippen molar-refractivity contribution >= 4 is 5.82 Å². The van der Waals surface area contributed by atoms with Crippen LogP contribution in [0.15, 0.2) is 36.5 Å². The molecule has 2 rings (SSSR count). The molecule has 0 spiro atoms. The van der Waals surface area contributed by atoms with E-state index in [9.17, 15) is 0 Å². The van der Waals surface area contributed by atoms with Crippen LogP contribution in [0.2, 0.25) is 0 Å². The number of nitrogens with one attached hydrogen (secondary N) is 1. The number of nitrogens with zero attached hydrogens (tertiary/aromatic N) is 2. The van der Waals surface area contributed by atoms with Crippen molar-refractivity contribution in [3.63, 3.8) is 0 Å². The van der Waals surface area contributed by atoms with Gasteiger partial charge < -0.3 is 10.1 Å². The molecule has 0 aliphatic carbocycles. The van der Waals surface area contributed by atoms with Gasteiger partial charge in [-0.1, -0.05) is 26.0 Å². The highest BCUT2D eigenvalue weighted by atomic mass is 16.5. The van der Waals surface area contributed by atoms with Crippen molar-refractivity contribution in [2.24, 2.45) is 13.0 Å². The van der Waals surface area contributed by atoms with Crippen molar-refractivity contribution in [3.05, 3.63) is 42.1 Å². The highest BCUT2D eigenvalue weighted by Crippen LogP contribution is 2.14. The maximum atomic E-state index is 5.70. The van der Waals surface area contributed by atoms with Gasteiger partial charge >= 0.3 is 0 Å². The number of aromatic nitrogens is 2. The van der Waals surface area contributed by atoms with Gasteiger partial charge in [-0.25, -0.2) is 0 Å². The van der Waals surface area contributed by atoms with E-state index in [1.807, 2.05) is 31.4 Å². The molecular weight excluding hydrogens is 250 g/mol. The number of hydrogen-bond acceptors (Lipinski definition) is 3. The first-order chi connectivity index (χ1) is 9.63. The van der Waals surface area contributed by atoms with Crippen LogP contribution < -0.4 is 10.1 Å². The molecule has 0 atom stereocenters. The predicted octanol–water partition coefficient (Wildman–Crippen LogP) is 3.46. The van der Waals surface area contributed by atoms with Gasteiger partial charge in [0.1, 0.15) is 11.6 Å². The Balaban J connectivity index is 1.79. The summed E-state index contributed by atoms with van der Waals surface area (Å²) < 4.78 is 7.49. The Morgan fingerprint density at radius 2 is 1.95 bits per heavy atom. The van der Waals surface area contributed by atoms with E-state index in [4.69, 9.17) is 4.74 Å². The minimum absolute atomic E-state index is 0.678. The summed E-state index contributed by atoms with van der Waals surface area (Å²) in [6.45, 7) is 5.96. The number of rotatable bonds is 7. The molecule has 20 heavy (non-hydrogen) atoms. The van der Waals surface area contributed by atoms with Gasteiger partial charge in [-0.05, 0) is 30.0 Å². The molecule has 1 N–H and O–H groups in total. The van der Waals surface area contributed by atoms with Crippen LogP contribution in [0, 0.1) is 5.92 Å². The van der Waals surface area contributed by atoms with Crippen molar-refractivity contribution in [1.29, 1.82) is 0 Å². The Bertz CT molecular complexity index is 517. The summed E-state index contributed by atoms with van der Waals surface area (Å²) in [4.78, 5) is 0. The number of aryl methyl sites for hydroxylation is 1. The standard InChI is InChI=1S/C16H23N3O/c1-13(2)9-11-20-15-6-4-14(5-7-15)12-17-16-8-10-19(3)18-16/h4-8,10,13H,9,11-12H2,1-3H3,(H,17,18). The Hall–Kier alpha value is -1.97. The zero-order valence-electron chi connectivity index (χ0n) is 12.5. The monoisotopic (exact) mass is 273 g/mol. The molecule has 1 heterocycles. The molecule has 0 aliphatic heterocycles. The SMILES string of the molecule is CC(C)CCOc1ccc(CNc2ccn(C)n2)cc1. The second-order valence-corrected chi connectivity index (χ2v) is 5.40. The Morgan fingerprint density at radius 3 is 2.55 bits per heavy atom. The minimum Gasteiger partial charge on any atom is -0.494 e. The van der Waals surface area contributed by atoms with E-state index in [0.29, 0.717) is 5.92 Å². The van der Waals surface area contributed by atoms with Gasteiger partial charge in [-0.3, -0.25) is 4.68 Å². The van der Waals surface area contributed by atoms with Crippen LogP contribution in [0.25, 0.3) is 0 Å². The third-order valence-corrected chi connectivity index (χ3v) is 3.07. The van der Waals surface area contributed by atoms with Crippen molar-refractivity contribution in [1.82, 2.24) is 9.78 Å². The molecule has 4 nitrogen and oxygen atoms in total. The second-order valence-electron chi connectivity index (χ2n) is 5.40. The molecule has 0 saturated carbocycles. The topological polar surface area (TPSA) is 39.1 Å². The molecule has 0 unspecified atom stereocenters. The average Bonchev–Trinajstić information content (AvgIpc) is 2.83. The fourth-order valence-corrected chi connectivity index (χ4v) is 1.82. The molecule has 0 bridgehead atoms. The zero-order valence-corrected chi connectivity index (χ0v) is 12.5. The van der Waals surface area contributed by atoms with E-state index in [1.54, 1.807) is 4.68 Å². The van der Waals surface area contributed by atoms with Crippen LogP contribution in [0.1, 0.15) is 25.8 Å². The lowest BCUT2D eigenvalue weighted by Crippen LogP contribution is -2.02. The molecule has 0 radical (unpaired) electrons. The minimum atomic E-state index is 0.678.